The molecule has 92 valence electrons. The van der Waals surface area contributed by atoms with Gasteiger partial charge in [-0.15, -0.1) is 0 Å². The van der Waals surface area contributed by atoms with E-state index < -0.39 is 0 Å². The van der Waals surface area contributed by atoms with Crippen LogP contribution in [0.4, 0.5) is 5.69 Å². The van der Waals surface area contributed by atoms with E-state index in [0.29, 0.717) is 0 Å². The fourth-order valence-corrected chi connectivity index (χ4v) is 2.67. The van der Waals surface area contributed by atoms with Crippen LogP contribution in [0.25, 0.3) is 11.1 Å². The summed E-state index contributed by atoms with van der Waals surface area (Å²) in [5.41, 5.74) is 11.9. The highest BCUT2D eigenvalue weighted by Gasteiger charge is 2.18. The molecule has 0 spiro atoms. The van der Waals surface area contributed by atoms with Gasteiger partial charge >= 0.3 is 0 Å². The summed E-state index contributed by atoms with van der Waals surface area (Å²) in [6, 6.07) is 15.2. The molecule has 0 bridgehead atoms. The molecule has 2 aromatic carbocycles. The van der Waals surface area contributed by atoms with E-state index in [1.165, 1.54) is 41.5 Å². The van der Waals surface area contributed by atoms with E-state index in [1.807, 2.05) is 12.1 Å². The van der Waals surface area contributed by atoms with Gasteiger partial charge in [0.15, 0.2) is 0 Å². The van der Waals surface area contributed by atoms with Gasteiger partial charge in [0.1, 0.15) is 0 Å². The number of aryl methyl sites for hydroxylation is 1. The molecule has 2 aromatic rings. The summed E-state index contributed by atoms with van der Waals surface area (Å²) >= 11 is 0. The molecule has 0 aliphatic heterocycles. The second kappa shape index (κ2) is 4.49. The Morgan fingerprint density at radius 3 is 2.22 bits per heavy atom. The molecule has 1 saturated carbocycles. The van der Waals surface area contributed by atoms with Crippen molar-refractivity contribution < 1.29 is 0 Å². The minimum Gasteiger partial charge on any atom is -0.399 e. The highest BCUT2D eigenvalue weighted by molar-refractivity contribution is 5.68. The Kier molecular flexibility index (Phi) is 2.83. The lowest BCUT2D eigenvalue weighted by molar-refractivity contribution is 0.420. The molecule has 0 aromatic heterocycles. The number of hydrogen-bond acceptors (Lipinski definition) is 1. The Hall–Kier alpha value is -1.76. The maximum Gasteiger partial charge on any atom is 0.0322 e. The third-order valence-corrected chi connectivity index (χ3v) is 3.92. The Balaban J connectivity index is 1.91. The fraction of sp³-hybridized carbons (Fsp3) is 0.294. The summed E-state index contributed by atoms with van der Waals surface area (Å²) in [7, 11) is 0. The lowest BCUT2D eigenvalue weighted by Crippen LogP contribution is -2.08. The molecule has 0 atom stereocenters. The van der Waals surface area contributed by atoms with Crippen LogP contribution < -0.4 is 5.73 Å². The topological polar surface area (TPSA) is 26.0 Å². The van der Waals surface area contributed by atoms with Gasteiger partial charge in [-0.1, -0.05) is 36.8 Å². The van der Waals surface area contributed by atoms with Crippen LogP contribution in [0.3, 0.4) is 0 Å². The van der Waals surface area contributed by atoms with Crippen LogP contribution in [0.15, 0.2) is 42.5 Å². The number of benzene rings is 2. The monoisotopic (exact) mass is 237 g/mol. The van der Waals surface area contributed by atoms with Crippen LogP contribution in [-0.4, -0.2) is 0 Å². The first-order valence-corrected chi connectivity index (χ1v) is 6.70. The van der Waals surface area contributed by atoms with Gasteiger partial charge in [-0.3, -0.25) is 0 Å². The molecule has 1 fully saturated rings. The summed E-state index contributed by atoms with van der Waals surface area (Å²) < 4.78 is 0. The largest absolute Gasteiger partial charge is 0.399 e. The number of anilines is 1. The number of rotatable bonds is 2. The SMILES string of the molecule is Cc1cc(N)cc(-c2ccc(C3CCC3)cc2)c1. The second-order valence-electron chi connectivity index (χ2n) is 5.38. The first-order chi connectivity index (χ1) is 8.72. The number of nitrogens with two attached hydrogens (primary N) is 1. The average molecular weight is 237 g/mol. The zero-order valence-corrected chi connectivity index (χ0v) is 10.8. The van der Waals surface area contributed by atoms with Crippen molar-refractivity contribution in [3.05, 3.63) is 53.6 Å². The van der Waals surface area contributed by atoms with Crippen molar-refractivity contribution in [2.45, 2.75) is 32.1 Å². The van der Waals surface area contributed by atoms with E-state index in [9.17, 15) is 0 Å². The van der Waals surface area contributed by atoms with Gasteiger partial charge in [-0.2, -0.15) is 0 Å². The quantitative estimate of drug-likeness (QED) is 0.764. The van der Waals surface area contributed by atoms with E-state index >= 15 is 0 Å². The van der Waals surface area contributed by atoms with E-state index in [2.05, 4.69) is 37.3 Å². The number of nitrogen functional groups attached to an aromatic ring is 1. The Morgan fingerprint density at radius 1 is 0.944 bits per heavy atom. The molecule has 0 amide bonds. The standard InChI is InChI=1S/C17H19N/c1-12-9-16(11-17(18)10-12)15-7-5-14(6-8-15)13-3-2-4-13/h5-11,13H,2-4,18H2,1H3. The molecular weight excluding hydrogens is 218 g/mol. The first kappa shape index (κ1) is 11.3. The van der Waals surface area contributed by atoms with E-state index in [0.717, 1.165) is 11.6 Å². The lowest BCUT2D eigenvalue weighted by atomic mass is 9.80. The minimum absolute atomic E-state index is 0.807. The van der Waals surface area contributed by atoms with Crippen LogP contribution in [0.2, 0.25) is 0 Å². The van der Waals surface area contributed by atoms with Crippen molar-refractivity contribution in [3.8, 4) is 11.1 Å². The molecule has 0 unspecified atom stereocenters. The van der Waals surface area contributed by atoms with E-state index in [1.54, 1.807) is 0 Å². The average Bonchev–Trinajstić information content (AvgIpc) is 2.26. The summed E-state index contributed by atoms with van der Waals surface area (Å²) in [5.74, 6) is 0.807. The van der Waals surface area contributed by atoms with Gasteiger partial charge in [0.05, 0.1) is 0 Å². The smallest absolute Gasteiger partial charge is 0.0322 e. The fourth-order valence-electron chi connectivity index (χ4n) is 2.67. The second-order valence-corrected chi connectivity index (χ2v) is 5.38. The third kappa shape index (κ3) is 2.13. The normalized spacial score (nSPS) is 15.4. The van der Waals surface area contributed by atoms with Gasteiger partial charge in [-0.05, 0) is 60.1 Å². The van der Waals surface area contributed by atoms with Crippen LogP contribution in [-0.2, 0) is 0 Å². The molecule has 18 heavy (non-hydrogen) atoms. The van der Waals surface area contributed by atoms with Gasteiger partial charge in [0.2, 0.25) is 0 Å². The van der Waals surface area contributed by atoms with Crippen LogP contribution in [0.5, 0.6) is 0 Å². The molecule has 1 heteroatoms. The van der Waals surface area contributed by atoms with Gasteiger partial charge < -0.3 is 5.73 Å². The Morgan fingerprint density at radius 2 is 1.67 bits per heavy atom. The van der Waals surface area contributed by atoms with Gasteiger partial charge in [0.25, 0.3) is 0 Å². The molecule has 1 aliphatic carbocycles. The summed E-state index contributed by atoms with van der Waals surface area (Å²) in [6.45, 7) is 2.09. The molecule has 1 nitrogen and oxygen atoms in total. The summed E-state index contributed by atoms with van der Waals surface area (Å²) in [6.07, 6.45) is 4.11. The van der Waals surface area contributed by atoms with Crippen LogP contribution >= 0.6 is 0 Å². The highest BCUT2D eigenvalue weighted by atomic mass is 14.5. The van der Waals surface area contributed by atoms with Crippen LogP contribution in [0.1, 0.15) is 36.3 Å². The van der Waals surface area contributed by atoms with Crippen molar-refractivity contribution >= 4 is 5.69 Å². The summed E-state index contributed by atoms with van der Waals surface area (Å²) in [5, 5.41) is 0. The zero-order chi connectivity index (χ0) is 12.5. The zero-order valence-electron chi connectivity index (χ0n) is 10.8. The van der Waals surface area contributed by atoms with Crippen LogP contribution in [0, 0.1) is 6.92 Å². The van der Waals surface area contributed by atoms with Crippen molar-refractivity contribution in [1.29, 1.82) is 0 Å². The molecule has 0 radical (unpaired) electrons. The molecule has 2 N–H and O–H groups in total. The molecule has 0 heterocycles. The van der Waals surface area contributed by atoms with Crippen molar-refractivity contribution in [1.82, 2.24) is 0 Å². The lowest BCUT2D eigenvalue weighted by Gasteiger charge is -2.25. The molecule has 3 rings (SSSR count). The Labute approximate surface area is 109 Å². The molecular formula is C17H19N. The predicted octanol–water partition coefficient (Wildman–Crippen LogP) is 4.51. The van der Waals surface area contributed by atoms with E-state index in [4.69, 9.17) is 5.73 Å². The maximum absolute atomic E-state index is 5.91. The highest BCUT2D eigenvalue weighted by Crippen LogP contribution is 2.37. The predicted molar refractivity (Wildman–Crippen MR) is 77.6 cm³/mol. The molecule has 1 aliphatic rings. The van der Waals surface area contributed by atoms with E-state index in [-0.39, 0.29) is 0 Å². The van der Waals surface area contributed by atoms with Crippen molar-refractivity contribution in [3.63, 3.8) is 0 Å². The molecule has 0 saturated heterocycles. The third-order valence-electron chi connectivity index (χ3n) is 3.92. The van der Waals surface area contributed by atoms with Gasteiger partial charge in [-0.25, -0.2) is 0 Å². The minimum atomic E-state index is 0.807. The van der Waals surface area contributed by atoms with Crippen molar-refractivity contribution in [2.24, 2.45) is 0 Å². The maximum atomic E-state index is 5.91. The first-order valence-electron chi connectivity index (χ1n) is 6.70. The van der Waals surface area contributed by atoms with Gasteiger partial charge in [0, 0.05) is 5.69 Å². The summed E-state index contributed by atoms with van der Waals surface area (Å²) in [4.78, 5) is 0. The number of hydrogen-bond donors (Lipinski definition) is 1. The van der Waals surface area contributed by atoms with Crippen molar-refractivity contribution in [2.75, 3.05) is 5.73 Å². The Bertz CT molecular complexity index is 530.